The standard InChI is InChI=1S/C21H31NO4/c1-3-5-7-9-16(23)11-12-17-15(14-22)13-19(24)20(17)18(21(25)26)10-8-6-4-2/h4,6,11-12,15-18,20,23H,3,5,7-10,13H2,1-2H3,(H,25,26)/b6-4+,12-11+. The topological polar surface area (TPSA) is 98.4 Å². The predicted octanol–water partition coefficient (Wildman–Crippen LogP) is 3.89. The van der Waals surface area contributed by atoms with Crippen molar-refractivity contribution in [2.45, 2.75) is 64.9 Å². The number of aliphatic carboxylic acids is 1. The first-order valence-corrected chi connectivity index (χ1v) is 9.58. The normalized spacial score (nSPS) is 25.6. The van der Waals surface area contributed by atoms with Gasteiger partial charge in [0.05, 0.1) is 24.0 Å². The molecule has 144 valence electrons. The predicted molar refractivity (Wildman–Crippen MR) is 100 cm³/mol. The Bertz CT molecular complexity index is 561. The van der Waals surface area contributed by atoms with Gasteiger partial charge in [-0.3, -0.25) is 9.59 Å². The smallest absolute Gasteiger partial charge is 0.307 e. The van der Waals surface area contributed by atoms with Crippen LogP contribution in [-0.2, 0) is 9.59 Å². The molecule has 5 atom stereocenters. The lowest BCUT2D eigenvalue weighted by molar-refractivity contribution is -0.146. The quantitative estimate of drug-likeness (QED) is 0.430. The van der Waals surface area contributed by atoms with Gasteiger partial charge in [0, 0.05) is 18.3 Å². The van der Waals surface area contributed by atoms with E-state index in [1.807, 2.05) is 19.1 Å². The zero-order chi connectivity index (χ0) is 19.5. The number of carbonyl (C=O) groups is 2. The zero-order valence-electron chi connectivity index (χ0n) is 15.8. The summed E-state index contributed by atoms with van der Waals surface area (Å²) in [6, 6.07) is 2.15. The van der Waals surface area contributed by atoms with E-state index in [2.05, 4.69) is 13.0 Å². The largest absolute Gasteiger partial charge is 0.481 e. The first-order valence-electron chi connectivity index (χ1n) is 9.58. The highest BCUT2D eigenvalue weighted by Crippen LogP contribution is 2.41. The molecule has 1 fully saturated rings. The summed E-state index contributed by atoms with van der Waals surface area (Å²) < 4.78 is 0. The van der Waals surface area contributed by atoms with Gasteiger partial charge in [-0.25, -0.2) is 0 Å². The highest BCUT2D eigenvalue weighted by Gasteiger charge is 2.47. The fraction of sp³-hybridized carbons (Fsp3) is 0.667. The lowest BCUT2D eigenvalue weighted by atomic mass is 9.78. The van der Waals surface area contributed by atoms with Gasteiger partial charge in [-0.05, 0) is 26.2 Å². The molecule has 0 spiro atoms. The number of carboxylic acid groups (broad SMARTS) is 1. The van der Waals surface area contributed by atoms with Crippen LogP contribution in [0.15, 0.2) is 24.3 Å². The van der Waals surface area contributed by atoms with Crippen LogP contribution in [-0.4, -0.2) is 28.1 Å². The molecule has 1 rings (SSSR count). The Labute approximate surface area is 156 Å². The lowest BCUT2D eigenvalue weighted by Crippen LogP contribution is -2.31. The third-order valence-corrected chi connectivity index (χ3v) is 5.13. The van der Waals surface area contributed by atoms with Crippen molar-refractivity contribution in [1.29, 1.82) is 5.26 Å². The number of allylic oxidation sites excluding steroid dienone is 3. The van der Waals surface area contributed by atoms with Crippen LogP contribution in [0.25, 0.3) is 0 Å². The van der Waals surface area contributed by atoms with Crippen molar-refractivity contribution in [2.75, 3.05) is 0 Å². The summed E-state index contributed by atoms with van der Waals surface area (Å²) in [6.07, 6.45) is 11.2. The summed E-state index contributed by atoms with van der Waals surface area (Å²) in [4.78, 5) is 24.2. The maximum Gasteiger partial charge on any atom is 0.307 e. The number of nitrogens with zero attached hydrogens (tertiary/aromatic N) is 1. The summed E-state index contributed by atoms with van der Waals surface area (Å²) in [5, 5.41) is 29.1. The van der Waals surface area contributed by atoms with Gasteiger partial charge in [-0.15, -0.1) is 0 Å². The second-order valence-electron chi connectivity index (χ2n) is 7.05. The van der Waals surface area contributed by atoms with Crippen molar-refractivity contribution in [3.8, 4) is 6.07 Å². The Balaban J connectivity index is 2.93. The van der Waals surface area contributed by atoms with Gasteiger partial charge < -0.3 is 10.2 Å². The van der Waals surface area contributed by atoms with Crippen LogP contribution < -0.4 is 0 Å². The minimum Gasteiger partial charge on any atom is -0.481 e. The van der Waals surface area contributed by atoms with Crippen molar-refractivity contribution >= 4 is 11.8 Å². The van der Waals surface area contributed by atoms with Crippen LogP contribution >= 0.6 is 0 Å². The molecular formula is C21H31NO4. The Morgan fingerprint density at radius 3 is 2.69 bits per heavy atom. The molecule has 2 N–H and O–H groups in total. The van der Waals surface area contributed by atoms with Gasteiger partial charge in [0.25, 0.3) is 0 Å². The molecule has 1 aliphatic rings. The maximum atomic E-state index is 12.5. The molecule has 1 aliphatic carbocycles. The van der Waals surface area contributed by atoms with E-state index in [-0.39, 0.29) is 12.2 Å². The molecule has 26 heavy (non-hydrogen) atoms. The van der Waals surface area contributed by atoms with Crippen molar-refractivity contribution < 1.29 is 19.8 Å². The average Bonchev–Trinajstić information content (AvgIpc) is 2.92. The van der Waals surface area contributed by atoms with E-state index in [1.165, 1.54) is 0 Å². The molecule has 5 unspecified atom stereocenters. The lowest BCUT2D eigenvalue weighted by Gasteiger charge is -2.23. The van der Waals surface area contributed by atoms with Gasteiger partial charge in [0.2, 0.25) is 0 Å². The molecular weight excluding hydrogens is 330 g/mol. The third-order valence-electron chi connectivity index (χ3n) is 5.13. The van der Waals surface area contributed by atoms with E-state index < -0.39 is 35.7 Å². The SMILES string of the molecule is C/C=C/CCC(C(=O)O)C1C(=O)CC(C#N)C1/C=C/C(O)CCCCC. The molecule has 0 amide bonds. The van der Waals surface area contributed by atoms with Crippen molar-refractivity contribution in [3.05, 3.63) is 24.3 Å². The molecule has 1 saturated carbocycles. The number of unbranched alkanes of at least 4 members (excludes halogenated alkanes) is 2. The Kier molecular flexibility index (Phi) is 9.90. The van der Waals surface area contributed by atoms with Crippen molar-refractivity contribution in [3.63, 3.8) is 0 Å². The fourth-order valence-electron chi connectivity index (χ4n) is 3.69. The van der Waals surface area contributed by atoms with Crippen LogP contribution in [0.4, 0.5) is 0 Å². The molecule has 5 heteroatoms. The summed E-state index contributed by atoms with van der Waals surface area (Å²) in [7, 11) is 0. The number of aliphatic hydroxyl groups excluding tert-OH is 1. The van der Waals surface area contributed by atoms with Gasteiger partial charge >= 0.3 is 5.97 Å². The zero-order valence-corrected chi connectivity index (χ0v) is 15.8. The van der Waals surface area contributed by atoms with Gasteiger partial charge in [-0.1, -0.05) is 50.5 Å². The highest BCUT2D eigenvalue weighted by molar-refractivity contribution is 5.89. The van der Waals surface area contributed by atoms with E-state index in [0.717, 1.165) is 19.3 Å². The number of carboxylic acids is 1. The second kappa shape index (κ2) is 11.6. The van der Waals surface area contributed by atoms with E-state index in [9.17, 15) is 25.1 Å². The van der Waals surface area contributed by atoms with Crippen molar-refractivity contribution in [2.24, 2.45) is 23.7 Å². The fourth-order valence-corrected chi connectivity index (χ4v) is 3.69. The maximum absolute atomic E-state index is 12.5. The second-order valence-corrected chi connectivity index (χ2v) is 7.05. The van der Waals surface area contributed by atoms with Crippen LogP contribution in [0.3, 0.4) is 0 Å². The Hall–Kier alpha value is -1.93. The number of hydrogen-bond acceptors (Lipinski definition) is 4. The number of carbonyl (C=O) groups excluding carboxylic acids is 1. The first-order chi connectivity index (χ1) is 12.5. The monoisotopic (exact) mass is 361 g/mol. The Morgan fingerprint density at radius 1 is 1.38 bits per heavy atom. The summed E-state index contributed by atoms with van der Waals surface area (Å²) in [6.45, 7) is 3.96. The average molecular weight is 361 g/mol. The minimum atomic E-state index is -0.992. The number of rotatable bonds is 11. The van der Waals surface area contributed by atoms with Crippen LogP contribution in [0, 0.1) is 35.0 Å². The first kappa shape index (κ1) is 22.1. The van der Waals surface area contributed by atoms with Crippen LogP contribution in [0.5, 0.6) is 0 Å². The number of Topliss-reactive ketones (excluding diaryl/α,β-unsaturated/α-hetero) is 1. The summed E-state index contributed by atoms with van der Waals surface area (Å²) in [5.41, 5.74) is 0. The number of ketones is 1. The molecule has 0 aromatic rings. The molecule has 0 bridgehead atoms. The number of nitriles is 1. The van der Waals surface area contributed by atoms with Crippen LogP contribution in [0.1, 0.15) is 58.8 Å². The van der Waals surface area contributed by atoms with Gasteiger partial charge in [-0.2, -0.15) is 5.26 Å². The molecule has 0 saturated heterocycles. The Morgan fingerprint density at radius 2 is 2.12 bits per heavy atom. The molecule has 0 heterocycles. The molecule has 0 aromatic carbocycles. The minimum absolute atomic E-state index is 0.0928. The molecule has 5 nitrogen and oxygen atoms in total. The molecule has 0 radical (unpaired) electrons. The van der Waals surface area contributed by atoms with Gasteiger partial charge in [0.15, 0.2) is 0 Å². The van der Waals surface area contributed by atoms with E-state index in [1.54, 1.807) is 12.2 Å². The van der Waals surface area contributed by atoms with E-state index in [0.29, 0.717) is 19.3 Å². The summed E-state index contributed by atoms with van der Waals surface area (Å²) in [5.74, 6) is -3.60. The molecule has 0 aliphatic heterocycles. The van der Waals surface area contributed by atoms with Gasteiger partial charge in [0.1, 0.15) is 5.78 Å². The van der Waals surface area contributed by atoms with E-state index in [4.69, 9.17) is 0 Å². The molecule has 0 aromatic heterocycles. The third kappa shape index (κ3) is 6.42. The summed E-state index contributed by atoms with van der Waals surface area (Å²) >= 11 is 0. The van der Waals surface area contributed by atoms with E-state index >= 15 is 0 Å². The highest BCUT2D eigenvalue weighted by atomic mass is 16.4. The number of hydrogen-bond donors (Lipinski definition) is 2. The number of aliphatic hydroxyl groups is 1. The van der Waals surface area contributed by atoms with Crippen molar-refractivity contribution in [1.82, 2.24) is 0 Å². The van der Waals surface area contributed by atoms with Crippen LogP contribution in [0.2, 0.25) is 0 Å².